The first-order valence-electron chi connectivity index (χ1n) is 9.26. The number of nitrogens with zero attached hydrogens (tertiary/aromatic N) is 2. The lowest BCUT2D eigenvalue weighted by Crippen LogP contribution is -2.48. The van der Waals surface area contributed by atoms with Crippen LogP contribution in [0.1, 0.15) is 5.56 Å². The standard InChI is InChI=1S/C21H26ClN3O2/c1-27-20-8-6-19(7-9-20)25-14-12-24(13-15-25)11-10-23-21(26)16-17-2-4-18(22)5-3-17/h2-9H,10-16H2,1H3,(H,23,26). The summed E-state index contributed by atoms with van der Waals surface area (Å²) in [6.45, 7) is 5.53. The maximum Gasteiger partial charge on any atom is 0.224 e. The molecule has 3 rings (SSSR count). The number of anilines is 1. The van der Waals surface area contributed by atoms with Crippen molar-refractivity contribution in [3.8, 4) is 5.75 Å². The predicted molar refractivity (Wildman–Crippen MR) is 110 cm³/mol. The van der Waals surface area contributed by atoms with Gasteiger partial charge in [0.25, 0.3) is 0 Å². The number of nitrogens with one attached hydrogen (secondary N) is 1. The van der Waals surface area contributed by atoms with Gasteiger partial charge in [-0.15, -0.1) is 0 Å². The molecule has 0 saturated carbocycles. The molecule has 1 heterocycles. The highest BCUT2D eigenvalue weighted by Crippen LogP contribution is 2.20. The molecule has 1 aliphatic heterocycles. The molecule has 2 aromatic carbocycles. The van der Waals surface area contributed by atoms with E-state index >= 15 is 0 Å². The molecule has 0 bridgehead atoms. The average molecular weight is 388 g/mol. The third-order valence-corrected chi connectivity index (χ3v) is 5.09. The second-order valence-corrected chi connectivity index (χ2v) is 7.12. The van der Waals surface area contributed by atoms with Crippen LogP contribution in [-0.2, 0) is 11.2 Å². The van der Waals surface area contributed by atoms with E-state index in [1.54, 1.807) is 7.11 Å². The van der Waals surface area contributed by atoms with Crippen LogP contribution in [0, 0.1) is 0 Å². The van der Waals surface area contributed by atoms with E-state index in [9.17, 15) is 4.79 Å². The monoisotopic (exact) mass is 387 g/mol. The molecule has 0 radical (unpaired) electrons. The number of carbonyl (C=O) groups is 1. The van der Waals surface area contributed by atoms with Crippen molar-refractivity contribution in [3.05, 3.63) is 59.1 Å². The van der Waals surface area contributed by atoms with E-state index in [0.717, 1.165) is 44.0 Å². The summed E-state index contributed by atoms with van der Waals surface area (Å²) < 4.78 is 5.21. The minimum Gasteiger partial charge on any atom is -0.497 e. The highest BCUT2D eigenvalue weighted by molar-refractivity contribution is 6.30. The Hall–Kier alpha value is -2.24. The number of carbonyl (C=O) groups excluding carboxylic acids is 1. The first-order chi connectivity index (χ1) is 13.1. The summed E-state index contributed by atoms with van der Waals surface area (Å²) in [6.07, 6.45) is 0.391. The molecule has 1 amide bonds. The Labute approximate surface area is 165 Å². The quantitative estimate of drug-likeness (QED) is 0.793. The van der Waals surface area contributed by atoms with Crippen LogP contribution in [0.2, 0.25) is 5.02 Å². The maximum absolute atomic E-state index is 12.0. The Kier molecular flexibility index (Phi) is 6.96. The van der Waals surface area contributed by atoms with Crippen molar-refractivity contribution in [2.45, 2.75) is 6.42 Å². The first-order valence-corrected chi connectivity index (χ1v) is 9.64. The third kappa shape index (κ3) is 5.88. The fourth-order valence-corrected chi connectivity index (χ4v) is 3.35. The summed E-state index contributed by atoms with van der Waals surface area (Å²) in [6, 6.07) is 15.6. The van der Waals surface area contributed by atoms with E-state index in [2.05, 4.69) is 27.2 Å². The van der Waals surface area contributed by atoms with E-state index in [4.69, 9.17) is 16.3 Å². The minimum absolute atomic E-state index is 0.0502. The summed E-state index contributed by atoms with van der Waals surface area (Å²) in [4.78, 5) is 16.8. The van der Waals surface area contributed by atoms with Crippen molar-refractivity contribution in [3.63, 3.8) is 0 Å². The summed E-state index contributed by atoms with van der Waals surface area (Å²) in [7, 11) is 1.68. The molecule has 1 fully saturated rings. The van der Waals surface area contributed by atoms with Gasteiger partial charge in [-0.2, -0.15) is 0 Å². The molecule has 0 unspecified atom stereocenters. The lowest BCUT2D eigenvalue weighted by Gasteiger charge is -2.36. The third-order valence-electron chi connectivity index (χ3n) is 4.84. The Morgan fingerprint density at radius 3 is 2.33 bits per heavy atom. The molecule has 1 N–H and O–H groups in total. The van der Waals surface area contributed by atoms with Crippen LogP contribution in [0.5, 0.6) is 5.75 Å². The van der Waals surface area contributed by atoms with E-state index in [1.165, 1.54) is 5.69 Å². The summed E-state index contributed by atoms with van der Waals surface area (Å²) in [5.41, 5.74) is 2.21. The van der Waals surface area contributed by atoms with Gasteiger partial charge in [0.05, 0.1) is 13.5 Å². The van der Waals surface area contributed by atoms with Crippen LogP contribution < -0.4 is 15.0 Å². The van der Waals surface area contributed by atoms with Crippen molar-refractivity contribution in [1.29, 1.82) is 0 Å². The predicted octanol–water partition coefficient (Wildman–Crippen LogP) is 2.83. The number of hydrogen-bond acceptors (Lipinski definition) is 4. The number of methoxy groups -OCH3 is 1. The van der Waals surface area contributed by atoms with Crippen molar-refractivity contribution in [2.24, 2.45) is 0 Å². The molecule has 0 aromatic heterocycles. The molecular formula is C21H26ClN3O2. The Balaban J connectivity index is 1.35. The Morgan fingerprint density at radius 1 is 1.04 bits per heavy atom. The summed E-state index contributed by atoms with van der Waals surface area (Å²) >= 11 is 5.87. The van der Waals surface area contributed by atoms with Crippen LogP contribution in [0.4, 0.5) is 5.69 Å². The van der Waals surface area contributed by atoms with Crippen molar-refractivity contribution >= 4 is 23.2 Å². The number of halogens is 1. The molecule has 144 valence electrons. The highest BCUT2D eigenvalue weighted by Gasteiger charge is 2.17. The fraction of sp³-hybridized carbons (Fsp3) is 0.381. The van der Waals surface area contributed by atoms with Crippen LogP contribution in [0.3, 0.4) is 0 Å². The number of amides is 1. The number of piperazine rings is 1. The van der Waals surface area contributed by atoms with Crippen LogP contribution in [0.25, 0.3) is 0 Å². The largest absolute Gasteiger partial charge is 0.497 e. The number of hydrogen-bond donors (Lipinski definition) is 1. The molecule has 0 aliphatic carbocycles. The first kappa shape index (κ1) is 19.5. The zero-order valence-electron chi connectivity index (χ0n) is 15.7. The fourth-order valence-electron chi connectivity index (χ4n) is 3.23. The molecule has 27 heavy (non-hydrogen) atoms. The maximum atomic E-state index is 12.0. The molecule has 0 spiro atoms. The second-order valence-electron chi connectivity index (χ2n) is 6.68. The molecule has 0 atom stereocenters. The van der Waals surface area contributed by atoms with Gasteiger partial charge in [0.1, 0.15) is 5.75 Å². The van der Waals surface area contributed by atoms with E-state index < -0.39 is 0 Å². The molecule has 2 aromatic rings. The SMILES string of the molecule is COc1ccc(N2CCN(CCNC(=O)Cc3ccc(Cl)cc3)CC2)cc1. The van der Waals surface area contributed by atoms with E-state index in [-0.39, 0.29) is 5.91 Å². The molecule has 1 saturated heterocycles. The van der Waals surface area contributed by atoms with Gasteiger partial charge in [0.15, 0.2) is 0 Å². The highest BCUT2D eigenvalue weighted by atomic mass is 35.5. The Morgan fingerprint density at radius 2 is 1.70 bits per heavy atom. The molecule has 6 heteroatoms. The van der Waals surface area contributed by atoms with Crippen molar-refractivity contribution in [1.82, 2.24) is 10.2 Å². The van der Waals surface area contributed by atoms with Gasteiger partial charge in [0.2, 0.25) is 5.91 Å². The van der Waals surface area contributed by atoms with Crippen molar-refractivity contribution < 1.29 is 9.53 Å². The van der Waals surface area contributed by atoms with Gasteiger partial charge in [0, 0.05) is 50.0 Å². The van der Waals surface area contributed by atoms with Crippen molar-refractivity contribution in [2.75, 3.05) is 51.3 Å². The zero-order chi connectivity index (χ0) is 19.1. The topological polar surface area (TPSA) is 44.8 Å². The zero-order valence-corrected chi connectivity index (χ0v) is 16.4. The number of ether oxygens (including phenoxy) is 1. The summed E-state index contributed by atoms with van der Waals surface area (Å²) in [5, 5.41) is 3.70. The average Bonchev–Trinajstić information content (AvgIpc) is 2.70. The number of benzene rings is 2. The smallest absolute Gasteiger partial charge is 0.224 e. The Bertz CT molecular complexity index is 726. The van der Waals surface area contributed by atoms with Crippen LogP contribution in [-0.4, -0.2) is 57.2 Å². The van der Waals surface area contributed by atoms with Gasteiger partial charge >= 0.3 is 0 Å². The summed E-state index contributed by atoms with van der Waals surface area (Å²) in [5.74, 6) is 0.931. The number of rotatable bonds is 7. The molecular weight excluding hydrogens is 362 g/mol. The van der Waals surface area contributed by atoms with E-state index in [1.807, 2.05) is 36.4 Å². The lowest BCUT2D eigenvalue weighted by molar-refractivity contribution is -0.120. The van der Waals surface area contributed by atoms with Gasteiger partial charge in [-0.05, 0) is 42.0 Å². The molecule has 5 nitrogen and oxygen atoms in total. The van der Waals surface area contributed by atoms with Gasteiger partial charge < -0.3 is 15.0 Å². The van der Waals surface area contributed by atoms with Gasteiger partial charge in [-0.1, -0.05) is 23.7 Å². The van der Waals surface area contributed by atoms with Crippen LogP contribution >= 0.6 is 11.6 Å². The van der Waals surface area contributed by atoms with E-state index in [0.29, 0.717) is 18.0 Å². The molecule has 1 aliphatic rings. The van der Waals surface area contributed by atoms with Gasteiger partial charge in [-0.25, -0.2) is 0 Å². The van der Waals surface area contributed by atoms with Gasteiger partial charge in [-0.3, -0.25) is 9.69 Å². The second kappa shape index (κ2) is 9.62. The minimum atomic E-state index is 0.0502. The lowest BCUT2D eigenvalue weighted by atomic mass is 10.1. The van der Waals surface area contributed by atoms with Crippen LogP contribution in [0.15, 0.2) is 48.5 Å². The normalized spacial score (nSPS) is 14.8.